The molecule has 0 aromatic carbocycles. The highest BCUT2D eigenvalue weighted by molar-refractivity contribution is 6.30. The van der Waals surface area contributed by atoms with E-state index < -0.39 is 0 Å². The topological polar surface area (TPSA) is 53.1 Å². The van der Waals surface area contributed by atoms with Gasteiger partial charge in [-0.05, 0) is 12.8 Å². The quantitative estimate of drug-likeness (QED) is 0.743. The number of imidazole rings is 1. The van der Waals surface area contributed by atoms with E-state index in [4.69, 9.17) is 22.3 Å². The van der Waals surface area contributed by atoms with Gasteiger partial charge >= 0.3 is 0 Å². The van der Waals surface area contributed by atoms with Crippen molar-refractivity contribution < 1.29 is 4.84 Å². The van der Waals surface area contributed by atoms with Gasteiger partial charge in [-0.3, -0.25) is 0 Å². The van der Waals surface area contributed by atoms with E-state index >= 15 is 0 Å². The lowest BCUT2D eigenvalue weighted by atomic mass is 10.1. The number of aryl methyl sites for hydroxylation is 1. The maximum atomic E-state index is 5.98. The molecule has 1 aromatic heterocycles. The molecule has 0 amide bonds. The Morgan fingerprint density at radius 2 is 2.46 bits per heavy atom. The maximum Gasteiger partial charge on any atom is 0.150 e. The maximum absolute atomic E-state index is 5.98. The Balaban J connectivity index is 2.34. The number of nitrogens with zero attached hydrogens (tertiary/aromatic N) is 2. The number of hydrogen-bond donors (Lipinski definition) is 1. The second-order valence-electron chi connectivity index (χ2n) is 3.59. The summed E-state index contributed by atoms with van der Waals surface area (Å²) < 4.78 is 1.94. The van der Waals surface area contributed by atoms with Crippen LogP contribution in [-0.4, -0.2) is 16.2 Å². The van der Waals surface area contributed by atoms with Gasteiger partial charge in [0.25, 0.3) is 0 Å². The fraction of sp³-hybridized carbons (Fsp3) is 0.625. The highest BCUT2D eigenvalue weighted by atomic mass is 35.5. The number of hydrogen-bond acceptors (Lipinski definition) is 3. The SMILES string of the molecule is Cn1cnc(Cl)c1C1(CON)CC1. The van der Waals surface area contributed by atoms with Gasteiger partial charge in [-0.2, -0.15) is 0 Å². The van der Waals surface area contributed by atoms with Gasteiger partial charge < -0.3 is 9.40 Å². The molecule has 1 fully saturated rings. The zero-order chi connectivity index (χ0) is 9.47. The first-order valence-electron chi connectivity index (χ1n) is 4.18. The summed E-state index contributed by atoms with van der Waals surface area (Å²) in [5.41, 5.74) is 1.07. The average Bonchev–Trinajstić information content (AvgIpc) is 2.76. The van der Waals surface area contributed by atoms with Crippen molar-refractivity contribution in [3.63, 3.8) is 0 Å². The number of nitrogens with two attached hydrogens (primary N) is 1. The third-order valence-electron chi connectivity index (χ3n) is 2.61. The van der Waals surface area contributed by atoms with Crippen LogP contribution in [0, 0.1) is 0 Å². The number of halogens is 1. The van der Waals surface area contributed by atoms with Gasteiger partial charge in [0.2, 0.25) is 0 Å². The van der Waals surface area contributed by atoms with Crippen LogP contribution < -0.4 is 5.90 Å². The van der Waals surface area contributed by atoms with Crippen molar-refractivity contribution in [3.05, 3.63) is 17.2 Å². The third kappa shape index (κ3) is 1.35. The summed E-state index contributed by atoms with van der Waals surface area (Å²) in [6, 6.07) is 0. The van der Waals surface area contributed by atoms with Gasteiger partial charge in [0.05, 0.1) is 18.6 Å². The molecule has 0 saturated heterocycles. The number of rotatable bonds is 3. The Hall–Kier alpha value is -0.580. The van der Waals surface area contributed by atoms with Gasteiger partial charge in [0.15, 0.2) is 5.15 Å². The van der Waals surface area contributed by atoms with Crippen molar-refractivity contribution in [2.75, 3.05) is 6.61 Å². The normalized spacial score (nSPS) is 19.0. The second-order valence-corrected chi connectivity index (χ2v) is 3.94. The first-order chi connectivity index (χ1) is 6.19. The molecule has 2 N–H and O–H groups in total. The molecule has 1 aromatic rings. The highest BCUT2D eigenvalue weighted by Crippen LogP contribution is 2.49. The van der Waals surface area contributed by atoms with Crippen molar-refractivity contribution in [2.45, 2.75) is 18.3 Å². The van der Waals surface area contributed by atoms with E-state index in [0.717, 1.165) is 18.5 Å². The summed E-state index contributed by atoms with van der Waals surface area (Å²) in [5.74, 6) is 5.09. The Morgan fingerprint density at radius 1 is 1.77 bits per heavy atom. The van der Waals surface area contributed by atoms with Crippen LogP contribution >= 0.6 is 11.6 Å². The lowest BCUT2D eigenvalue weighted by Gasteiger charge is -2.14. The van der Waals surface area contributed by atoms with E-state index in [9.17, 15) is 0 Å². The monoisotopic (exact) mass is 201 g/mol. The van der Waals surface area contributed by atoms with E-state index in [-0.39, 0.29) is 5.41 Å². The van der Waals surface area contributed by atoms with Crippen LogP contribution in [0.5, 0.6) is 0 Å². The molecule has 1 saturated carbocycles. The fourth-order valence-corrected chi connectivity index (χ4v) is 2.13. The summed E-state index contributed by atoms with van der Waals surface area (Å²) in [6.45, 7) is 0.520. The van der Waals surface area contributed by atoms with Crippen LogP contribution in [0.2, 0.25) is 5.15 Å². The fourth-order valence-electron chi connectivity index (χ4n) is 1.75. The second kappa shape index (κ2) is 2.97. The molecule has 5 heteroatoms. The van der Waals surface area contributed by atoms with Crippen LogP contribution in [0.25, 0.3) is 0 Å². The van der Waals surface area contributed by atoms with Crippen LogP contribution in [0.3, 0.4) is 0 Å². The molecule has 0 atom stereocenters. The van der Waals surface area contributed by atoms with Crippen molar-refractivity contribution in [3.8, 4) is 0 Å². The molecule has 1 aliphatic rings. The Kier molecular flexibility index (Phi) is 2.06. The van der Waals surface area contributed by atoms with E-state index in [1.54, 1.807) is 6.33 Å². The summed E-state index contributed by atoms with van der Waals surface area (Å²) in [6.07, 6.45) is 3.86. The first kappa shape index (κ1) is 8.99. The molecule has 0 bridgehead atoms. The van der Waals surface area contributed by atoms with Crippen molar-refractivity contribution in [2.24, 2.45) is 12.9 Å². The molecule has 1 heterocycles. The van der Waals surface area contributed by atoms with Gasteiger partial charge in [-0.15, -0.1) is 0 Å². The Morgan fingerprint density at radius 3 is 2.85 bits per heavy atom. The molecular weight excluding hydrogens is 190 g/mol. The smallest absolute Gasteiger partial charge is 0.150 e. The summed E-state index contributed by atoms with van der Waals surface area (Å²) >= 11 is 5.98. The molecule has 1 aliphatic carbocycles. The molecule has 0 spiro atoms. The Labute approximate surface area is 81.6 Å². The molecule has 72 valence electrons. The number of aromatic nitrogens is 2. The van der Waals surface area contributed by atoms with Gasteiger partial charge in [0, 0.05) is 12.5 Å². The lowest BCUT2D eigenvalue weighted by Crippen LogP contribution is -2.21. The minimum atomic E-state index is 0.0249. The average molecular weight is 202 g/mol. The van der Waals surface area contributed by atoms with E-state index in [1.807, 2.05) is 11.6 Å². The van der Waals surface area contributed by atoms with Crippen LogP contribution in [0.15, 0.2) is 6.33 Å². The summed E-state index contributed by atoms with van der Waals surface area (Å²) in [7, 11) is 1.94. The minimum Gasteiger partial charge on any atom is -0.336 e. The molecule has 0 aliphatic heterocycles. The van der Waals surface area contributed by atoms with Gasteiger partial charge in [-0.1, -0.05) is 11.6 Å². The van der Waals surface area contributed by atoms with Gasteiger partial charge in [0.1, 0.15) is 0 Å². The molecule has 2 rings (SSSR count). The van der Waals surface area contributed by atoms with E-state index in [1.165, 1.54) is 0 Å². The molecule has 0 unspecified atom stereocenters. The zero-order valence-electron chi connectivity index (χ0n) is 7.46. The van der Waals surface area contributed by atoms with Crippen LogP contribution in [-0.2, 0) is 17.3 Å². The Bertz CT molecular complexity index is 300. The van der Waals surface area contributed by atoms with E-state index in [0.29, 0.717) is 11.8 Å². The molecular formula is C8H12ClN3O. The van der Waals surface area contributed by atoms with Crippen molar-refractivity contribution >= 4 is 11.6 Å². The van der Waals surface area contributed by atoms with Crippen molar-refractivity contribution in [1.82, 2.24) is 9.55 Å². The third-order valence-corrected chi connectivity index (χ3v) is 2.88. The highest BCUT2D eigenvalue weighted by Gasteiger charge is 2.48. The minimum absolute atomic E-state index is 0.0249. The predicted octanol–water partition coefficient (Wildman–Crippen LogP) is 0.995. The molecule has 4 nitrogen and oxygen atoms in total. The van der Waals surface area contributed by atoms with Crippen LogP contribution in [0.4, 0.5) is 0 Å². The largest absolute Gasteiger partial charge is 0.336 e. The zero-order valence-corrected chi connectivity index (χ0v) is 8.21. The first-order valence-corrected chi connectivity index (χ1v) is 4.56. The molecule has 0 radical (unpaired) electrons. The summed E-state index contributed by atoms with van der Waals surface area (Å²) in [4.78, 5) is 8.74. The van der Waals surface area contributed by atoms with Gasteiger partial charge in [-0.25, -0.2) is 10.9 Å². The van der Waals surface area contributed by atoms with Crippen LogP contribution in [0.1, 0.15) is 18.5 Å². The summed E-state index contributed by atoms with van der Waals surface area (Å²) in [5, 5.41) is 0.567. The standard InChI is InChI=1S/C8H12ClN3O/c1-12-5-11-7(9)6(12)8(2-3-8)4-13-10/h5H,2-4,10H2,1H3. The van der Waals surface area contributed by atoms with Crippen molar-refractivity contribution in [1.29, 1.82) is 0 Å². The van der Waals surface area contributed by atoms with E-state index in [2.05, 4.69) is 4.98 Å². The lowest BCUT2D eigenvalue weighted by molar-refractivity contribution is 0.114. The molecule has 13 heavy (non-hydrogen) atoms. The predicted molar refractivity (Wildman–Crippen MR) is 49.3 cm³/mol.